The summed E-state index contributed by atoms with van der Waals surface area (Å²) >= 11 is 0. The van der Waals surface area contributed by atoms with Crippen molar-refractivity contribution in [3.05, 3.63) is 65.9 Å². The molecule has 3 rings (SSSR count). The van der Waals surface area contributed by atoms with Crippen molar-refractivity contribution < 1.29 is 19.0 Å². The van der Waals surface area contributed by atoms with Crippen LogP contribution in [0.25, 0.3) is 10.8 Å². The van der Waals surface area contributed by atoms with Crippen LogP contribution in [-0.4, -0.2) is 38.3 Å². The van der Waals surface area contributed by atoms with Gasteiger partial charge in [0.2, 0.25) is 5.88 Å². The molecule has 0 atom stereocenters. The van der Waals surface area contributed by atoms with Gasteiger partial charge in [-0.25, -0.2) is 4.98 Å². The van der Waals surface area contributed by atoms with E-state index < -0.39 is 0 Å². The van der Waals surface area contributed by atoms with Crippen LogP contribution in [0.5, 0.6) is 11.6 Å². The Balaban J connectivity index is 1.69. The molecule has 2 aromatic carbocycles. The number of ether oxygens (including phenoxy) is 3. The number of carbonyl (C=O) groups is 1. The minimum atomic E-state index is -0.259. The molecule has 0 aliphatic carbocycles. The number of hydrogen-bond acceptors (Lipinski definition) is 5. The van der Waals surface area contributed by atoms with E-state index in [-0.39, 0.29) is 5.91 Å². The highest BCUT2D eigenvalue weighted by molar-refractivity contribution is 5.98. The molecule has 0 unspecified atom stereocenters. The summed E-state index contributed by atoms with van der Waals surface area (Å²) in [6.07, 6.45) is 0. The van der Waals surface area contributed by atoms with Gasteiger partial charge < -0.3 is 19.5 Å². The van der Waals surface area contributed by atoms with Crippen molar-refractivity contribution in [2.24, 2.45) is 0 Å². The second-order valence-corrected chi connectivity index (χ2v) is 5.91. The van der Waals surface area contributed by atoms with Gasteiger partial charge in [-0.1, -0.05) is 30.3 Å². The standard InChI is InChI=1S/C21H22N2O4/c1-25-10-11-27-17-8-5-6-15(12-17)14-22-20(24)19-13-16-7-3-4-9-18(16)21(23-19)26-2/h3-9,12-13H,10-11,14H2,1-2H3,(H,22,24). The molecule has 0 bridgehead atoms. The van der Waals surface area contributed by atoms with Gasteiger partial charge >= 0.3 is 0 Å². The number of benzene rings is 2. The molecule has 6 heteroatoms. The Morgan fingerprint density at radius 3 is 2.70 bits per heavy atom. The second-order valence-electron chi connectivity index (χ2n) is 5.91. The lowest BCUT2D eigenvalue weighted by Crippen LogP contribution is -2.24. The Morgan fingerprint density at radius 1 is 1.04 bits per heavy atom. The summed E-state index contributed by atoms with van der Waals surface area (Å²) in [5.74, 6) is 0.917. The lowest BCUT2D eigenvalue weighted by atomic mass is 10.1. The van der Waals surface area contributed by atoms with Crippen molar-refractivity contribution in [3.8, 4) is 11.6 Å². The van der Waals surface area contributed by atoms with E-state index in [4.69, 9.17) is 14.2 Å². The molecule has 1 aromatic heterocycles. The fourth-order valence-corrected chi connectivity index (χ4v) is 2.70. The maximum Gasteiger partial charge on any atom is 0.270 e. The maximum atomic E-state index is 12.5. The monoisotopic (exact) mass is 366 g/mol. The molecule has 0 saturated carbocycles. The lowest BCUT2D eigenvalue weighted by molar-refractivity contribution is 0.0945. The van der Waals surface area contributed by atoms with Crippen LogP contribution in [0.4, 0.5) is 0 Å². The smallest absolute Gasteiger partial charge is 0.270 e. The summed E-state index contributed by atoms with van der Waals surface area (Å²) in [5.41, 5.74) is 1.25. The molecule has 0 aliphatic rings. The molecule has 1 heterocycles. The predicted molar refractivity (Wildman–Crippen MR) is 103 cm³/mol. The van der Waals surface area contributed by atoms with Crippen LogP contribution in [-0.2, 0) is 11.3 Å². The highest BCUT2D eigenvalue weighted by Crippen LogP contribution is 2.24. The van der Waals surface area contributed by atoms with Crippen LogP contribution in [0.3, 0.4) is 0 Å². The molecule has 0 spiro atoms. The summed E-state index contributed by atoms with van der Waals surface area (Å²) < 4.78 is 15.9. The van der Waals surface area contributed by atoms with Crippen molar-refractivity contribution in [3.63, 3.8) is 0 Å². The summed E-state index contributed by atoms with van der Waals surface area (Å²) in [6, 6.07) is 17.0. The zero-order valence-corrected chi connectivity index (χ0v) is 15.4. The van der Waals surface area contributed by atoms with E-state index in [1.165, 1.54) is 0 Å². The first kappa shape index (κ1) is 18.7. The summed E-state index contributed by atoms with van der Waals surface area (Å²) in [5, 5.41) is 4.67. The molecule has 0 saturated heterocycles. The van der Waals surface area contributed by atoms with Crippen molar-refractivity contribution in [2.75, 3.05) is 27.4 Å². The topological polar surface area (TPSA) is 69.7 Å². The molecule has 6 nitrogen and oxygen atoms in total. The largest absolute Gasteiger partial charge is 0.491 e. The Bertz CT molecular complexity index is 927. The number of nitrogens with zero attached hydrogens (tertiary/aromatic N) is 1. The molecule has 0 radical (unpaired) electrons. The zero-order valence-electron chi connectivity index (χ0n) is 15.4. The van der Waals surface area contributed by atoms with Crippen LogP contribution >= 0.6 is 0 Å². The van der Waals surface area contributed by atoms with Gasteiger partial charge in [0.05, 0.1) is 13.7 Å². The van der Waals surface area contributed by atoms with Gasteiger partial charge in [-0.2, -0.15) is 0 Å². The van der Waals surface area contributed by atoms with Gasteiger partial charge in [0.25, 0.3) is 5.91 Å². The second kappa shape index (κ2) is 9.00. The summed E-state index contributed by atoms with van der Waals surface area (Å²) in [4.78, 5) is 16.9. The van der Waals surface area contributed by atoms with E-state index in [0.717, 1.165) is 22.1 Å². The highest BCUT2D eigenvalue weighted by atomic mass is 16.5. The number of aromatic nitrogens is 1. The van der Waals surface area contributed by atoms with E-state index in [9.17, 15) is 4.79 Å². The minimum Gasteiger partial charge on any atom is -0.491 e. The molecule has 140 valence electrons. The van der Waals surface area contributed by atoms with Gasteiger partial charge in [0.1, 0.15) is 18.1 Å². The van der Waals surface area contributed by atoms with Gasteiger partial charge in [-0.3, -0.25) is 4.79 Å². The molecule has 1 amide bonds. The molecule has 27 heavy (non-hydrogen) atoms. The Labute approximate surface area is 158 Å². The van der Waals surface area contributed by atoms with E-state index >= 15 is 0 Å². The number of methoxy groups -OCH3 is 2. The molecule has 3 aromatic rings. The van der Waals surface area contributed by atoms with E-state index in [1.807, 2.05) is 48.5 Å². The fourth-order valence-electron chi connectivity index (χ4n) is 2.70. The number of fused-ring (bicyclic) bond motifs is 1. The number of pyridine rings is 1. The predicted octanol–water partition coefficient (Wildman–Crippen LogP) is 3.20. The van der Waals surface area contributed by atoms with Gasteiger partial charge in [-0.05, 0) is 35.2 Å². The normalized spacial score (nSPS) is 10.6. The van der Waals surface area contributed by atoms with Crippen LogP contribution < -0.4 is 14.8 Å². The molecule has 0 fully saturated rings. The summed E-state index contributed by atoms with van der Waals surface area (Å²) in [6.45, 7) is 1.38. The number of hydrogen-bond donors (Lipinski definition) is 1. The fraction of sp³-hybridized carbons (Fsp3) is 0.238. The quantitative estimate of drug-likeness (QED) is 0.620. The van der Waals surface area contributed by atoms with E-state index in [2.05, 4.69) is 10.3 Å². The average Bonchev–Trinajstić information content (AvgIpc) is 2.71. The SMILES string of the molecule is COCCOc1cccc(CNC(=O)c2cc3ccccc3c(OC)n2)c1. The average molecular weight is 366 g/mol. The van der Waals surface area contributed by atoms with Crippen LogP contribution in [0, 0.1) is 0 Å². The van der Waals surface area contributed by atoms with Gasteiger partial charge in [0.15, 0.2) is 0 Å². The Kier molecular flexibility index (Phi) is 6.22. The van der Waals surface area contributed by atoms with Gasteiger partial charge in [-0.15, -0.1) is 0 Å². The first-order chi connectivity index (χ1) is 13.2. The number of amides is 1. The first-order valence-corrected chi connectivity index (χ1v) is 8.64. The highest BCUT2D eigenvalue weighted by Gasteiger charge is 2.12. The summed E-state index contributed by atoms with van der Waals surface area (Å²) in [7, 11) is 3.18. The van der Waals surface area contributed by atoms with Gasteiger partial charge in [0, 0.05) is 19.0 Å². The Hall–Kier alpha value is -3.12. The number of carbonyl (C=O) groups excluding carboxylic acids is 1. The Morgan fingerprint density at radius 2 is 1.89 bits per heavy atom. The van der Waals surface area contributed by atoms with Crippen molar-refractivity contribution in [1.29, 1.82) is 0 Å². The molecule has 1 N–H and O–H groups in total. The molecular formula is C21H22N2O4. The third kappa shape index (κ3) is 4.74. The lowest BCUT2D eigenvalue weighted by Gasteiger charge is -2.10. The first-order valence-electron chi connectivity index (χ1n) is 8.64. The van der Waals surface area contributed by atoms with Crippen LogP contribution in [0.15, 0.2) is 54.6 Å². The van der Waals surface area contributed by atoms with E-state index in [0.29, 0.717) is 31.3 Å². The van der Waals surface area contributed by atoms with Crippen molar-refractivity contribution in [1.82, 2.24) is 10.3 Å². The van der Waals surface area contributed by atoms with Crippen molar-refractivity contribution in [2.45, 2.75) is 6.54 Å². The van der Waals surface area contributed by atoms with E-state index in [1.54, 1.807) is 20.3 Å². The van der Waals surface area contributed by atoms with Crippen LogP contribution in [0.2, 0.25) is 0 Å². The number of rotatable bonds is 8. The molecule has 0 aliphatic heterocycles. The zero-order chi connectivity index (χ0) is 19.1. The molecular weight excluding hydrogens is 344 g/mol. The third-order valence-corrected chi connectivity index (χ3v) is 4.04. The van der Waals surface area contributed by atoms with Crippen LogP contribution in [0.1, 0.15) is 16.1 Å². The minimum absolute atomic E-state index is 0.259. The number of nitrogens with one attached hydrogen (secondary N) is 1. The third-order valence-electron chi connectivity index (χ3n) is 4.04. The maximum absolute atomic E-state index is 12.5. The van der Waals surface area contributed by atoms with Crippen molar-refractivity contribution >= 4 is 16.7 Å².